The summed E-state index contributed by atoms with van der Waals surface area (Å²) >= 11 is 0. The summed E-state index contributed by atoms with van der Waals surface area (Å²) in [6.07, 6.45) is 5.36. The summed E-state index contributed by atoms with van der Waals surface area (Å²) in [6.45, 7) is 11.4. The Bertz CT molecular complexity index is 772. The highest BCUT2D eigenvalue weighted by Crippen LogP contribution is 2.28. The molecule has 0 spiro atoms. The van der Waals surface area contributed by atoms with Crippen molar-refractivity contribution in [1.29, 1.82) is 0 Å². The Labute approximate surface area is 161 Å². The van der Waals surface area contributed by atoms with Crippen LogP contribution in [0.2, 0.25) is 0 Å². The number of carbonyl (C=O) groups excluding carboxylic acids is 2. The molecule has 1 atom stereocenters. The van der Waals surface area contributed by atoms with E-state index >= 15 is 0 Å². The molecule has 27 heavy (non-hydrogen) atoms. The van der Waals surface area contributed by atoms with E-state index in [4.69, 9.17) is 9.47 Å². The van der Waals surface area contributed by atoms with Crippen LogP contribution < -0.4 is 0 Å². The molecule has 2 fully saturated rings. The van der Waals surface area contributed by atoms with Gasteiger partial charge >= 0.3 is 11.9 Å². The molecule has 1 unspecified atom stereocenters. The van der Waals surface area contributed by atoms with Gasteiger partial charge in [-0.3, -0.25) is 4.90 Å². The van der Waals surface area contributed by atoms with E-state index < -0.39 is 17.7 Å². The van der Waals surface area contributed by atoms with Crippen LogP contribution in [0.15, 0.2) is 17.7 Å². The van der Waals surface area contributed by atoms with Gasteiger partial charge in [0.25, 0.3) is 5.79 Å². The number of carbonyl (C=O) groups is 2. The molecule has 5 heteroatoms. The van der Waals surface area contributed by atoms with Crippen LogP contribution in [0.3, 0.4) is 0 Å². The van der Waals surface area contributed by atoms with Gasteiger partial charge in [-0.15, -0.1) is 0 Å². The van der Waals surface area contributed by atoms with Gasteiger partial charge in [-0.1, -0.05) is 24.1 Å². The lowest BCUT2D eigenvalue weighted by Gasteiger charge is -2.34. The number of aryl methyl sites for hydroxylation is 1. The number of cyclic esters (lactones) is 2. The van der Waals surface area contributed by atoms with Gasteiger partial charge < -0.3 is 9.47 Å². The zero-order chi connectivity index (χ0) is 19.8. The van der Waals surface area contributed by atoms with Crippen LogP contribution in [0.25, 0.3) is 6.08 Å². The molecule has 1 aromatic carbocycles. The minimum atomic E-state index is -1.22. The highest BCUT2D eigenvalue weighted by atomic mass is 16.7. The van der Waals surface area contributed by atoms with E-state index in [1.54, 1.807) is 19.9 Å². The predicted octanol–water partition coefficient (Wildman–Crippen LogP) is 3.90. The standard InChI is InChI=1S/C22H29NO4/c1-14-10-17(12-19-20(24)26-22(4,5)27-21(19)25)16(3)18(11-14)13-23-9-7-6-8-15(23)2/h10-12,15H,6-9,13H2,1-5H3. The number of hydrogen-bond acceptors (Lipinski definition) is 5. The van der Waals surface area contributed by atoms with Crippen molar-refractivity contribution in [3.8, 4) is 0 Å². The first-order valence-corrected chi connectivity index (χ1v) is 9.69. The van der Waals surface area contributed by atoms with Gasteiger partial charge in [-0.25, -0.2) is 9.59 Å². The topological polar surface area (TPSA) is 55.8 Å². The van der Waals surface area contributed by atoms with Crippen molar-refractivity contribution in [2.24, 2.45) is 0 Å². The Morgan fingerprint density at radius 2 is 1.81 bits per heavy atom. The molecule has 2 aliphatic rings. The number of ether oxygens (including phenoxy) is 2. The van der Waals surface area contributed by atoms with Crippen LogP contribution in [-0.2, 0) is 25.6 Å². The van der Waals surface area contributed by atoms with Crippen molar-refractivity contribution < 1.29 is 19.1 Å². The SMILES string of the molecule is Cc1cc(C=C2C(=O)OC(C)(C)OC2=O)c(C)c(CN2CCCCC2C)c1. The van der Waals surface area contributed by atoms with Crippen molar-refractivity contribution in [2.75, 3.05) is 6.54 Å². The number of nitrogens with zero attached hydrogens (tertiary/aromatic N) is 1. The van der Waals surface area contributed by atoms with Crippen molar-refractivity contribution >= 4 is 18.0 Å². The number of hydrogen-bond donors (Lipinski definition) is 0. The second-order valence-corrected chi connectivity index (χ2v) is 8.19. The third-order valence-corrected chi connectivity index (χ3v) is 5.43. The van der Waals surface area contributed by atoms with Gasteiger partial charge in [-0.2, -0.15) is 0 Å². The largest absolute Gasteiger partial charge is 0.419 e. The average molecular weight is 371 g/mol. The summed E-state index contributed by atoms with van der Waals surface area (Å²) in [5.41, 5.74) is 4.22. The lowest BCUT2D eigenvalue weighted by Crippen LogP contribution is -2.41. The summed E-state index contributed by atoms with van der Waals surface area (Å²) in [6, 6.07) is 4.76. The molecule has 0 N–H and O–H groups in total. The van der Waals surface area contributed by atoms with E-state index in [9.17, 15) is 9.59 Å². The fourth-order valence-corrected chi connectivity index (χ4v) is 3.82. The van der Waals surface area contributed by atoms with Crippen LogP contribution in [0.5, 0.6) is 0 Å². The van der Waals surface area contributed by atoms with E-state index in [-0.39, 0.29) is 5.57 Å². The average Bonchev–Trinajstić information content (AvgIpc) is 2.56. The van der Waals surface area contributed by atoms with Gasteiger partial charge in [0, 0.05) is 26.4 Å². The molecule has 0 saturated carbocycles. The molecule has 0 bridgehead atoms. The molecule has 0 aromatic heterocycles. The highest BCUT2D eigenvalue weighted by Gasteiger charge is 2.39. The maximum absolute atomic E-state index is 12.3. The van der Waals surface area contributed by atoms with Crippen molar-refractivity contribution in [1.82, 2.24) is 4.90 Å². The number of esters is 2. The molecule has 0 aliphatic carbocycles. The van der Waals surface area contributed by atoms with Crippen molar-refractivity contribution in [3.63, 3.8) is 0 Å². The molecule has 3 rings (SSSR count). The van der Waals surface area contributed by atoms with Crippen LogP contribution in [0.4, 0.5) is 0 Å². The molecular weight excluding hydrogens is 342 g/mol. The number of rotatable bonds is 3. The smallest absolute Gasteiger partial charge is 0.348 e. The van der Waals surface area contributed by atoms with Crippen LogP contribution >= 0.6 is 0 Å². The molecule has 2 aliphatic heterocycles. The fraction of sp³-hybridized carbons (Fsp3) is 0.545. The second kappa shape index (κ2) is 7.47. The Kier molecular flexibility index (Phi) is 5.43. The van der Waals surface area contributed by atoms with Crippen molar-refractivity contribution in [3.05, 3.63) is 40.0 Å². The minimum absolute atomic E-state index is 0.0553. The summed E-state index contributed by atoms with van der Waals surface area (Å²) < 4.78 is 10.4. The fourth-order valence-electron chi connectivity index (χ4n) is 3.82. The summed E-state index contributed by atoms with van der Waals surface area (Å²) in [4.78, 5) is 27.0. The molecular formula is C22H29NO4. The van der Waals surface area contributed by atoms with Gasteiger partial charge in [0.05, 0.1) is 0 Å². The van der Waals surface area contributed by atoms with E-state index in [0.717, 1.165) is 29.8 Å². The Morgan fingerprint density at radius 3 is 2.44 bits per heavy atom. The van der Waals surface area contributed by atoms with E-state index in [1.165, 1.54) is 24.8 Å². The quantitative estimate of drug-likeness (QED) is 0.458. The lowest BCUT2D eigenvalue weighted by molar-refractivity contribution is -0.222. The third kappa shape index (κ3) is 4.41. The number of piperidine rings is 1. The van der Waals surface area contributed by atoms with Crippen molar-refractivity contribution in [2.45, 2.75) is 72.3 Å². The summed E-state index contributed by atoms with van der Waals surface area (Å²) in [5.74, 6) is -2.49. The van der Waals surface area contributed by atoms with Crippen LogP contribution in [0.1, 0.15) is 62.3 Å². The van der Waals surface area contributed by atoms with E-state index in [2.05, 4.69) is 17.9 Å². The Hall–Kier alpha value is -2.14. The first-order valence-electron chi connectivity index (χ1n) is 9.69. The van der Waals surface area contributed by atoms with E-state index in [0.29, 0.717) is 6.04 Å². The van der Waals surface area contributed by atoms with Gasteiger partial charge in [0.1, 0.15) is 5.57 Å². The molecule has 5 nitrogen and oxygen atoms in total. The van der Waals surface area contributed by atoms with Gasteiger partial charge in [0.15, 0.2) is 0 Å². The number of likely N-dealkylation sites (tertiary alicyclic amines) is 1. The summed E-state index contributed by atoms with van der Waals surface area (Å²) in [7, 11) is 0. The van der Waals surface area contributed by atoms with E-state index in [1.807, 2.05) is 19.9 Å². The Morgan fingerprint density at radius 1 is 1.15 bits per heavy atom. The maximum Gasteiger partial charge on any atom is 0.348 e. The normalized spacial score (nSPS) is 23.0. The van der Waals surface area contributed by atoms with Crippen LogP contribution in [0, 0.1) is 13.8 Å². The first-order chi connectivity index (χ1) is 12.7. The first kappa shape index (κ1) is 19.6. The molecule has 2 saturated heterocycles. The van der Waals surface area contributed by atoms with Gasteiger partial charge in [0.2, 0.25) is 0 Å². The second-order valence-electron chi connectivity index (χ2n) is 8.19. The highest BCUT2D eigenvalue weighted by molar-refractivity contribution is 6.19. The predicted molar refractivity (Wildman–Crippen MR) is 104 cm³/mol. The van der Waals surface area contributed by atoms with Gasteiger partial charge in [-0.05, 0) is 62.9 Å². The molecule has 0 radical (unpaired) electrons. The maximum atomic E-state index is 12.3. The zero-order valence-electron chi connectivity index (χ0n) is 16.9. The lowest BCUT2D eigenvalue weighted by atomic mass is 9.95. The minimum Gasteiger partial charge on any atom is -0.419 e. The molecule has 0 amide bonds. The van der Waals surface area contributed by atoms with Crippen LogP contribution in [-0.4, -0.2) is 35.2 Å². The number of benzene rings is 1. The summed E-state index contributed by atoms with van der Waals surface area (Å²) in [5, 5.41) is 0. The molecule has 2 heterocycles. The zero-order valence-corrected chi connectivity index (χ0v) is 16.9. The molecule has 146 valence electrons. The third-order valence-electron chi connectivity index (χ3n) is 5.43. The monoisotopic (exact) mass is 371 g/mol. The Balaban J connectivity index is 1.91. The molecule has 1 aromatic rings.